The number of benzene rings is 1. The standard InChI is InChI=1S/C14H19NO5S/c1-4-14(3,13(17)18)15-12(16)10-7-6-8-11(9-10)21(19,20)5-2/h6-9H,4-5H2,1-3H3,(H,15,16)(H,17,18). The fourth-order valence-corrected chi connectivity index (χ4v) is 2.54. The Kier molecular flexibility index (Phi) is 5.11. The molecule has 0 aliphatic heterocycles. The summed E-state index contributed by atoms with van der Waals surface area (Å²) in [6.07, 6.45) is 0.209. The van der Waals surface area contributed by atoms with Crippen molar-refractivity contribution in [2.75, 3.05) is 5.75 Å². The van der Waals surface area contributed by atoms with Gasteiger partial charge in [-0.3, -0.25) is 4.79 Å². The van der Waals surface area contributed by atoms with Crippen LogP contribution in [0, 0.1) is 0 Å². The van der Waals surface area contributed by atoms with Gasteiger partial charge in [0.2, 0.25) is 0 Å². The van der Waals surface area contributed by atoms with E-state index >= 15 is 0 Å². The normalized spacial score (nSPS) is 14.2. The van der Waals surface area contributed by atoms with E-state index in [9.17, 15) is 18.0 Å². The molecule has 7 heteroatoms. The molecule has 0 aromatic heterocycles. The molecule has 1 aromatic carbocycles. The van der Waals surface area contributed by atoms with Crippen LogP contribution in [0.3, 0.4) is 0 Å². The quantitative estimate of drug-likeness (QED) is 0.828. The predicted octanol–water partition coefficient (Wildman–Crippen LogP) is 1.46. The zero-order valence-electron chi connectivity index (χ0n) is 12.2. The molecule has 21 heavy (non-hydrogen) atoms. The second-order valence-electron chi connectivity index (χ2n) is 4.88. The second kappa shape index (κ2) is 6.26. The lowest BCUT2D eigenvalue weighted by atomic mass is 9.98. The Morgan fingerprint density at radius 1 is 1.29 bits per heavy atom. The first-order chi connectivity index (χ1) is 9.66. The van der Waals surface area contributed by atoms with E-state index in [1.165, 1.54) is 38.1 Å². The number of carbonyl (C=O) groups excluding carboxylic acids is 1. The molecule has 1 aromatic rings. The van der Waals surface area contributed by atoms with Crippen molar-refractivity contribution < 1.29 is 23.1 Å². The van der Waals surface area contributed by atoms with E-state index in [2.05, 4.69) is 5.32 Å². The van der Waals surface area contributed by atoms with Crippen LogP contribution in [0.2, 0.25) is 0 Å². The number of sulfone groups is 1. The Morgan fingerprint density at radius 2 is 1.90 bits per heavy atom. The zero-order chi connectivity index (χ0) is 16.3. The van der Waals surface area contributed by atoms with Crippen LogP contribution in [-0.4, -0.2) is 36.7 Å². The van der Waals surface area contributed by atoms with Crippen LogP contribution in [0.15, 0.2) is 29.2 Å². The molecular formula is C14H19NO5S. The fraction of sp³-hybridized carbons (Fsp3) is 0.429. The highest BCUT2D eigenvalue weighted by atomic mass is 32.2. The third kappa shape index (κ3) is 3.81. The molecule has 2 N–H and O–H groups in total. The number of hydrogen-bond donors (Lipinski definition) is 2. The molecule has 0 fully saturated rings. The maximum absolute atomic E-state index is 12.1. The molecule has 1 rings (SSSR count). The number of carbonyl (C=O) groups is 2. The summed E-state index contributed by atoms with van der Waals surface area (Å²) in [5.74, 6) is -1.83. The van der Waals surface area contributed by atoms with E-state index in [-0.39, 0.29) is 22.6 Å². The minimum atomic E-state index is -3.42. The van der Waals surface area contributed by atoms with E-state index in [1.807, 2.05) is 0 Å². The molecule has 1 unspecified atom stereocenters. The van der Waals surface area contributed by atoms with E-state index in [1.54, 1.807) is 6.92 Å². The van der Waals surface area contributed by atoms with Gasteiger partial charge in [0.15, 0.2) is 9.84 Å². The SMILES string of the molecule is CCC(C)(NC(=O)c1cccc(S(=O)(=O)CC)c1)C(=O)O. The maximum atomic E-state index is 12.1. The number of nitrogens with one attached hydrogen (secondary N) is 1. The third-order valence-corrected chi connectivity index (χ3v) is 5.14. The van der Waals surface area contributed by atoms with Gasteiger partial charge in [-0.05, 0) is 31.5 Å². The minimum Gasteiger partial charge on any atom is -0.480 e. The molecule has 6 nitrogen and oxygen atoms in total. The molecule has 0 saturated carbocycles. The van der Waals surface area contributed by atoms with Crippen molar-refractivity contribution in [1.82, 2.24) is 5.32 Å². The number of amides is 1. The molecule has 116 valence electrons. The van der Waals surface area contributed by atoms with Crippen molar-refractivity contribution >= 4 is 21.7 Å². The van der Waals surface area contributed by atoms with Crippen molar-refractivity contribution in [3.8, 4) is 0 Å². The monoisotopic (exact) mass is 313 g/mol. The molecule has 0 saturated heterocycles. The molecule has 0 heterocycles. The zero-order valence-corrected chi connectivity index (χ0v) is 13.0. The van der Waals surface area contributed by atoms with Crippen molar-refractivity contribution in [3.05, 3.63) is 29.8 Å². The average Bonchev–Trinajstić information content (AvgIpc) is 2.46. The maximum Gasteiger partial charge on any atom is 0.329 e. The summed E-state index contributed by atoms with van der Waals surface area (Å²) >= 11 is 0. The van der Waals surface area contributed by atoms with E-state index < -0.39 is 27.3 Å². The van der Waals surface area contributed by atoms with Gasteiger partial charge in [0.05, 0.1) is 10.6 Å². The lowest BCUT2D eigenvalue weighted by molar-refractivity contribution is -0.143. The van der Waals surface area contributed by atoms with E-state index in [0.29, 0.717) is 0 Å². The van der Waals surface area contributed by atoms with Gasteiger partial charge >= 0.3 is 5.97 Å². The van der Waals surface area contributed by atoms with Crippen molar-refractivity contribution in [2.24, 2.45) is 0 Å². The lowest BCUT2D eigenvalue weighted by Gasteiger charge is -2.24. The van der Waals surface area contributed by atoms with Crippen LogP contribution in [0.5, 0.6) is 0 Å². The molecule has 1 amide bonds. The highest BCUT2D eigenvalue weighted by Gasteiger charge is 2.33. The van der Waals surface area contributed by atoms with Crippen molar-refractivity contribution in [3.63, 3.8) is 0 Å². The fourth-order valence-electron chi connectivity index (χ4n) is 1.61. The highest BCUT2D eigenvalue weighted by Crippen LogP contribution is 2.15. The van der Waals surface area contributed by atoms with E-state index in [4.69, 9.17) is 5.11 Å². The third-order valence-electron chi connectivity index (χ3n) is 3.40. The summed E-state index contributed by atoms with van der Waals surface area (Å²) in [5, 5.41) is 11.6. The number of carboxylic acid groups (broad SMARTS) is 1. The first-order valence-corrected chi connectivity index (χ1v) is 8.20. The summed E-state index contributed by atoms with van der Waals surface area (Å²) in [7, 11) is -3.42. The molecule has 0 aliphatic carbocycles. The van der Waals surface area contributed by atoms with Crippen molar-refractivity contribution in [2.45, 2.75) is 37.6 Å². The Morgan fingerprint density at radius 3 is 2.38 bits per heavy atom. The largest absolute Gasteiger partial charge is 0.480 e. The summed E-state index contributed by atoms with van der Waals surface area (Å²) in [6.45, 7) is 4.56. The summed E-state index contributed by atoms with van der Waals surface area (Å²) in [5.41, 5.74) is -1.28. The van der Waals surface area contributed by atoms with E-state index in [0.717, 1.165) is 0 Å². The Bertz CT molecular complexity index is 653. The molecule has 1 atom stereocenters. The highest BCUT2D eigenvalue weighted by molar-refractivity contribution is 7.91. The first-order valence-electron chi connectivity index (χ1n) is 6.55. The Hall–Kier alpha value is -1.89. The number of hydrogen-bond acceptors (Lipinski definition) is 4. The van der Waals surface area contributed by atoms with Crippen LogP contribution in [-0.2, 0) is 14.6 Å². The average molecular weight is 313 g/mol. The van der Waals surface area contributed by atoms with Gasteiger partial charge in [0.25, 0.3) is 5.91 Å². The Balaban J connectivity index is 3.10. The van der Waals surface area contributed by atoms with Gasteiger partial charge in [0.1, 0.15) is 5.54 Å². The van der Waals surface area contributed by atoms with Crippen LogP contribution < -0.4 is 5.32 Å². The first kappa shape index (κ1) is 17.2. The van der Waals surface area contributed by atoms with Gasteiger partial charge in [0, 0.05) is 5.56 Å². The van der Waals surface area contributed by atoms with Crippen molar-refractivity contribution in [1.29, 1.82) is 0 Å². The molecule has 0 bridgehead atoms. The van der Waals surface area contributed by atoms with Crippen LogP contribution in [0.25, 0.3) is 0 Å². The van der Waals surface area contributed by atoms with Crippen LogP contribution in [0.4, 0.5) is 0 Å². The minimum absolute atomic E-state index is 0.0474. The predicted molar refractivity (Wildman–Crippen MR) is 78.0 cm³/mol. The van der Waals surface area contributed by atoms with Gasteiger partial charge < -0.3 is 10.4 Å². The number of aliphatic carboxylic acids is 1. The van der Waals surface area contributed by atoms with Crippen LogP contribution >= 0.6 is 0 Å². The number of carboxylic acids is 1. The summed E-state index contributed by atoms with van der Waals surface area (Å²) in [4.78, 5) is 23.4. The lowest BCUT2D eigenvalue weighted by Crippen LogP contribution is -2.51. The van der Waals surface area contributed by atoms with Crippen LogP contribution in [0.1, 0.15) is 37.6 Å². The number of rotatable bonds is 6. The molecule has 0 radical (unpaired) electrons. The van der Waals surface area contributed by atoms with Gasteiger partial charge in [-0.15, -0.1) is 0 Å². The van der Waals surface area contributed by atoms with Gasteiger partial charge in [-0.2, -0.15) is 0 Å². The smallest absolute Gasteiger partial charge is 0.329 e. The van der Waals surface area contributed by atoms with Gasteiger partial charge in [-0.1, -0.05) is 19.9 Å². The molecular weight excluding hydrogens is 294 g/mol. The summed E-state index contributed by atoms with van der Waals surface area (Å²) in [6, 6.07) is 5.57. The Labute approximate surface area is 124 Å². The second-order valence-corrected chi connectivity index (χ2v) is 7.15. The van der Waals surface area contributed by atoms with Gasteiger partial charge in [-0.25, -0.2) is 13.2 Å². The summed E-state index contributed by atoms with van der Waals surface area (Å²) < 4.78 is 23.6. The molecule has 0 aliphatic rings. The molecule has 0 spiro atoms. The topological polar surface area (TPSA) is 101 Å².